The fourth-order valence-electron chi connectivity index (χ4n) is 3.28. The molecule has 3 heterocycles. The van der Waals surface area contributed by atoms with E-state index in [2.05, 4.69) is 10.3 Å². The van der Waals surface area contributed by atoms with E-state index in [0.717, 1.165) is 16.9 Å². The molecule has 1 atom stereocenters. The molecule has 0 bridgehead atoms. The molecule has 2 aliphatic rings. The SMILES string of the molecule is O=C1CCC2(C(=O)NCc3ccc(-c4cnco4)cc3)SCCN12. The normalized spacial score (nSPS) is 22.7. The van der Waals surface area contributed by atoms with Gasteiger partial charge in [-0.05, 0) is 12.0 Å². The molecule has 2 fully saturated rings. The number of nitrogens with zero attached hydrogens (tertiary/aromatic N) is 2. The fraction of sp³-hybridized carbons (Fsp3) is 0.353. The minimum Gasteiger partial charge on any atom is -0.444 e. The minimum atomic E-state index is -0.684. The number of carbonyl (C=O) groups excluding carboxylic acids is 2. The number of hydrogen-bond acceptors (Lipinski definition) is 5. The summed E-state index contributed by atoms with van der Waals surface area (Å²) < 4.78 is 5.26. The fourth-order valence-corrected chi connectivity index (χ4v) is 4.69. The maximum atomic E-state index is 12.7. The number of carbonyl (C=O) groups is 2. The smallest absolute Gasteiger partial charge is 0.256 e. The third-order valence-corrected chi connectivity index (χ3v) is 6.02. The van der Waals surface area contributed by atoms with E-state index in [1.807, 2.05) is 24.3 Å². The second-order valence-corrected chi connectivity index (χ2v) is 7.30. The summed E-state index contributed by atoms with van der Waals surface area (Å²) in [7, 11) is 0. The highest BCUT2D eigenvalue weighted by Crippen LogP contribution is 2.44. The number of thioether (sulfide) groups is 1. The zero-order valence-electron chi connectivity index (χ0n) is 13.0. The summed E-state index contributed by atoms with van der Waals surface area (Å²) in [6.45, 7) is 1.11. The number of fused-ring (bicyclic) bond motifs is 1. The highest BCUT2D eigenvalue weighted by atomic mass is 32.2. The van der Waals surface area contributed by atoms with Crippen LogP contribution < -0.4 is 5.32 Å². The van der Waals surface area contributed by atoms with Crippen molar-refractivity contribution < 1.29 is 14.0 Å². The van der Waals surface area contributed by atoms with Crippen LogP contribution in [-0.2, 0) is 16.1 Å². The van der Waals surface area contributed by atoms with Gasteiger partial charge in [-0.25, -0.2) is 4.98 Å². The van der Waals surface area contributed by atoms with Gasteiger partial charge in [0.2, 0.25) is 5.91 Å². The molecule has 1 aromatic heterocycles. The van der Waals surface area contributed by atoms with Crippen molar-refractivity contribution in [3.63, 3.8) is 0 Å². The Bertz CT molecular complexity index is 760. The van der Waals surface area contributed by atoms with Crippen molar-refractivity contribution >= 4 is 23.6 Å². The molecule has 4 rings (SSSR count). The predicted octanol–water partition coefficient (Wildman–Crippen LogP) is 2.02. The molecule has 0 radical (unpaired) electrons. The topological polar surface area (TPSA) is 75.4 Å². The summed E-state index contributed by atoms with van der Waals surface area (Å²) in [6, 6.07) is 7.79. The average molecular weight is 343 g/mol. The molecule has 2 amide bonds. The molecule has 0 saturated carbocycles. The molecule has 124 valence electrons. The second kappa shape index (κ2) is 5.98. The molecule has 2 aromatic rings. The third-order valence-electron chi connectivity index (χ3n) is 4.55. The van der Waals surface area contributed by atoms with Crippen molar-refractivity contribution in [2.45, 2.75) is 24.3 Å². The lowest BCUT2D eigenvalue weighted by Gasteiger charge is -2.29. The molecule has 24 heavy (non-hydrogen) atoms. The summed E-state index contributed by atoms with van der Waals surface area (Å²) in [4.78, 5) is 29.5. The van der Waals surface area contributed by atoms with Crippen LogP contribution in [0.1, 0.15) is 18.4 Å². The number of benzene rings is 1. The van der Waals surface area contributed by atoms with E-state index in [1.165, 1.54) is 6.39 Å². The molecular weight excluding hydrogens is 326 g/mol. The number of oxazole rings is 1. The van der Waals surface area contributed by atoms with Gasteiger partial charge in [0, 0.05) is 30.8 Å². The lowest BCUT2D eigenvalue weighted by molar-refractivity contribution is -0.135. The number of amides is 2. The molecule has 6 nitrogen and oxygen atoms in total. The van der Waals surface area contributed by atoms with E-state index < -0.39 is 4.87 Å². The van der Waals surface area contributed by atoms with Crippen molar-refractivity contribution in [1.82, 2.24) is 15.2 Å². The Balaban J connectivity index is 1.42. The van der Waals surface area contributed by atoms with Gasteiger partial charge in [-0.2, -0.15) is 0 Å². The molecule has 2 saturated heterocycles. The molecule has 1 N–H and O–H groups in total. The Labute approximate surface area is 143 Å². The summed E-state index contributed by atoms with van der Waals surface area (Å²) in [5.74, 6) is 1.57. The van der Waals surface area contributed by atoms with Crippen molar-refractivity contribution in [3.8, 4) is 11.3 Å². The second-order valence-electron chi connectivity index (χ2n) is 5.92. The lowest BCUT2D eigenvalue weighted by atomic mass is 10.1. The molecule has 1 aromatic carbocycles. The van der Waals surface area contributed by atoms with Crippen LogP contribution >= 0.6 is 11.8 Å². The first-order valence-corrected chi connectivity index (χ1v) is 8.88. The highest BCUT2D eigenvalue weighted by molar-refractivity contribution is 8.01. The first-order chi connectivity index (χ1) is 11.7. The average Bonchev–Trinajstić information content (AvgIpc) is 3.32. The Morgan fingerprint density at radius 3 is 2.96 bits per heavy atom. The summed E-state index contributed by atoms with van der Waals surface area (Å²) in [5.41, 5.74) is 1.95. The van der Waals surface area contributed by atoms with E-state index in [-0.39, 0.29) is 11.8 Å². The molecule has 0 aliphatic carbocycles. The van der Waals surface area contributed by atoms with Gasteiger partial charge in [-0.3, -0.25) is 9.59 Å². The van der Waals surface area contributed by atoms with Crippen molar-refractivity contribution in [2.24, 2.45) is 0 Å². The van der Waals surface area contributed by atoms with Gasteiger partial charge >= 0.3 is 0 Å². The molecule has 2 aliphatic heterocycles. The molecular formula is C17H17N3O3S. The van der Waals surface area contributed by atoms with E-state index in [9.17, 15) is 9.59 Å². The van der Waals surface area contributed by atoms with Crippen molar-refractivity contribution in [1.29, 1.82) is 0 Å². The van der Waals surface area contributed by atoms with Gasteiger partial charge in [-0.15, -0.1) is 11.8 Å². The Kier molecular flexibility index (Phi) is 3.80. The Morgan fingerprint density at radius 1 is 1.38 bits per heavy atom. The zero-order valence-corrected chi connectivity index (χ0v) is 13.8. The number of aromatic nitrogens is 1. The highest BCUT2D eigenvalue weighted by Gasteiger charge is 2.54. The standard InChI is InChI=1S/C17H17N3O3S/c21-15-5-6-17(20(15)7-8-24-17)16(22)19-9-12-1-3-13(4-2-12)14-10-18-11-23-14/h1-4,10-11H,5-9H2,(H,19,22). The third kappa shape index (κ3) is 2.49. The van der Waals surface area contributed by atoms with Gasteiger partial charge in [-0.1, -0.05) is 24.3 Å². The summed E-state index contributed by atoms with van der Waals surface area (Å²) >= 11 is 1.58. The summed E-state index contributed by atoms with van der Waals surface area (Å²) in [6.07, 6.45) is 4.13. The predicted molar refractivity (Wildman–Crippen MR) is 89.9 cm³/mol. The Morgan fingerprint density at radius 2 is 2.21 bits per heavy atom. The van der Waals surface area contributed by atoms with Crippen LogP contribution in [0.15, 0.2) is 41.3 Å². The molecule has 0 spiro atoms. The van der Waals surface area contributed by atoms with Crippen LogP contribution in [0.4, 0.5) is 0 Å². The zero-order chi connectivity index (χ0) is 16.6. The van der Waals surface area contributed by atoms with Crippen LogP contribution in [0, 0.1) is 0 Å². The van der Waals surface area contributed by atoms with E-state index >= 15 is 0 Å². The van der Waals surface area contributed by atoms with Gasteiger partial charge in [0.05, 0.1) is 6.20 Å². The van der Waals surface area contributed by atoms with E-state index in [1.54, 1.807) is 22.9 Å². The summed E-state index contributed by atoms with van der Waals surface area (Å²) in [5, 5.41) is 2.99. The number of hydrogen-bond donors (Lipinski definition) is 1. The van der Waals surface area contributed by atoms with Crippen LogP contribution in [0.3, 0.4) is 0 Å². The monoisotopic (exact) mass is 343 g/mol. The maximum Gasteiger partial charge on any atom is 0.256 e. The minimum absolute atomic E-state index is 0.0600. The molecule has 1 unspecified atom stereocenters. The van der Waals surface area contributed by atoms with Gasteiger partial charge < -0.3 is 14.6 Å². The Hall–Kier alpha value is -2.28. The first-order valence-electron chi connectivity index (χ1n) is 7.89. The van der Waals surface area contributed by atoms with Crippen LogP contribution in [-0.4, -0.2) is 38.9 Å². The van der Waals surface area contributed by atoms with E-state index in [4.69, 9.17) is 4.42 Å². The van der Waals surface area contributed by atoms with Crippen molar-refractivity contribution in [3.05, 3.63) is 42.4 Å². The largest absolute Gasteiger partial charge is 0.444 e. The van der Waals surface area contributed by atoms with Crippen molar-refractivity contribution in [2.75, 3.05) is 12.3 Å². The number of rotatable bonds is 4. The maximum absolute atomic E-state index is 12.7. The van der Waals surface area contributed by atoms with E-state index in [0.29, 0.717) is 31.7 Å². The van der Waals surface area contributed by atoms with Crippen LogP contribution in [0.5, 0.6) is 0 Å². The van der Waals surface area contributed by atoms with Gasteiger partial charge in [0.25, 0.3) is 5.91 Å². The number of nitrogens with one attached hydrogen (secondary N) is 1. The van der Waals surface area contributed by atoms with Gasteiger partial charge in [0.15, 0.2) is 17.0 Å². The lowest BCUT2D eigenvalue weighted by Crippen LogP contribution is -2.50. The van der Waals surface area contributed by atoms with Gasteiger partial charge in [0.1, 0.15) is 0 Å². The first kappa shape index (κ1) is 15.3. The van der Waals surface area contributed by atoms with Crippen LogP contribution in [0.2, 0.25) is 0 Å². The molecule has 7 heteroatoms. The quantitative estimate of drug-likeness (QED) is 0.919. The van der Waals surface area contributed by atoms with Crippen LogP contribution in [0.25, 0.3) is 11.3 Å².